The maximum Gasteiger partial charge on any atom is 0.274 e. The van der Waals surface area contributed by atoms with E-state index < -0.39 is 19.1 Å². The summed E-state index contributed by atoms with van der Waals surface area (Å²) in [6.07, 6.45) is 1.77. The first-order chi connectivity index (χ1) is 12.4. The fraction of sp³-hybridized carbons (Fsp3) is 0.385. The second-order valence-electron chi connectivity index (χ2n) is 5.42. The molecule has 1 aliphatic rings. The Bertz CT molecular complexity index is 1030. The molecule has 0 saturated heterocycles. The number of halogens is 2. The van der Waals surface area contributed by atoms with E-state index in [1.807, 2.05) is 0 Å². The van der Waals surface area contributed by atoms with Crippen LogP contribution in [0.5, 0.6) is 11.5 Å². The second-order valence-corrected chi connectivity index (χ2v) is 13.0. The van der Waals surface area contributed by atoms with Crippen molar-refractivity contribution in [2.75, 3.05) is 19.9 Å². The van der Waals surface area contributed by atoms with Gasteiger partial charge in [0.15, 0.2) is 19.9 Å². The molecule has 8 nitrogen and oxygen atoms in total. The Hall–Kier alpha value is -0.570. The standard InChI is InChI=1S/C8H12N2O3S2.C5H4BrClO3S2/c1-10(5-2-3-5)15(12,13)8-7(11)6(9)4-14-8;1-10-4-3(6)2-11-5(4)12(7,8)9/h4-5,11H,2-3,9H2,1H3;2H,1H3. The number of nitrogens with two attached hydrogens (primary N) is 1. The van der Waals surface area contributed by atoms with E-state index in [0.29, 0.717) is 4.47 Å². The molecule has 0 unspecified atom stereocenters. The van der Waals surface area contributed by atoms with Crippen LogP contribution in [0.1, 0.15) is 12.8 Å². The highest BCUT2D eigenvalue weighted by Gasteiger charge is 2.37. The number of anilines is 1. The predicted octanol–water partition coefficient (Wildman–Crippen LogP) is 3.27. The fourth-order valence-corrected chi connectivity index (χ4v) is 7.82. The van der Waals surface area contributed by atoms with E-state index in [4.69, 9.17) is 21.2 Å². The number of nitrogen functional groups attached to an aromatic ring is 1. The molecule has 2 aromatic heterocycles. The lowest BCUT2D eigenvalue weighted by atomic mass is 10.5. The number of nitrogens with zero attached hydrogens (tertiary/aromatic N) is 1. The molecule has 0 atom stereocenters. The van der Waals surface area contributed by atoms with Crippen LogP contribution in [0.4, 0.5) is 5.69 Å². The summed E-state index contributed by atoms with van der Waals surface area (Å²) in [5.41, 5.74) is 5.52. The average molecular weight is 540 g/mol. The lowest BCUT2D eigenvalue weighted by Gasteiger charge is -2.14. The molecule has 0 bridgehead atoms. The van der Waals surface area contributed by atoms with Crippen molar-refractivity contribution in [3.63, 3.8) is 0 Å². The van der Waals surface area contributed by atoms with E-state index in [1.165, 1.54) is 23.8 Å². The van der Waals surface area contributed by atoms with Crippen LogP contribution in [0.3, 0.4) is 0 Å². The number of hydrogen-bond donors (Lipinski definition) is 2. The van der Waals surface area contributed by atoms with Gasteiger partial charge in [0.2, 0.25) is 0 Å². The van der Waals surface area contributed by atoms with E-state index in [9.17, 15) is 21.9 Å². The normalized spacial score (nSPS) is 14.7. The Morgan fingerprint density at radius 2 is 1.81 bits per heavy atom. The highest BCUT2D eigenvalue weighted by atomic mass is 79.9. The molecule has 2 heterocycles. The average Bonchev–Trinajstić information content (AvgIpc) is 3.26. The van der Waals surface area contributed by atoms with Gasteiger partial charge in [-0.1, -0.05) is 0 Å². The Morgan fingerprint density at radius 1 is 1.26 bits per heavy atom. The van der Waals surface area contributed by atoms with Crippen molar-refractivity contribution in [1.29, 1.82) is 0 Å². The van der Waals surface area contributed by atoms with E-state index in [0.717, 1.165) is 35.5 Å². The first-order valence-electron chi connectivity index (χ1n) is 7.20. The number of sulfonamides is 1. The summed E-state index contributed by atoms with van der Waals surface area (Å²) >= 11 is 5.10. The van der Waals surface area contributed by atoms with Gasteiger partial charge in [0, 0.05) is 34.5 Å². The van der Waals surface area contributed by atoms with Gasteiger partial charge < -0.3 is 15.6 Å². The van der Waals surface area contributed by atoms with Gasteiger partial charge in [-0.15, -0.1) is 22.7 Å². The van der Waals surface area contributed by atoms with Crippen LogP contribution in [0, 0.1) is 0 Å². The summed E-state index contributed by atoms with van der Waals surface area (Å²) in [5.74, 6) is -0.0671. The van der Waals surface area contributed by atoms with Crippen LogP contribution in [-0.4, -0.2) is 46.4 Å². The van der Waals surface area contributed by atoms with Gasteiger partial charge >= 0.3 is 0 Å². The van der Waals surface area contributed by atoms with Crippen LogP contribution in [0.25, 0.3) is 0 Å². The summed E-state index contributed by atoms with van der Waals surface area (Å²) in [4.78, 5) is 0. The topological polar surface area (TPSA) is 127 Å². The van der Waals surface area contributed by atoms with Gasteiger partial charge in [0.25, 0.3) is 19.1 Å². The molecule has 3 N–H and O–H groups in total. The molecule has 1 fully saturated rings. The summed E-state index contributed by atoms with van der Waals surface area (Å²) in [7, 11) is 0.802. The molecule has 0 amide bonds. The van der Waals surface area contributed by atoms with Crippen LogP contribution in [0.2, 0.25) is 0 Å². The predicted molar refractivity (Wildman–Crippen MR) is 110 cm³/mol. The van der Waals surface area contributed by atoms with Gasteiger partial charge in [0.05, 0.1) is 17.3 Å². The maximum absolute atomic E-state index is 12.0. The number of ether oxygens (including phenoxy) is 1. The van der Waals surface area contributed by atoms with Gasteiger partial charge in [0.1, 0.15) is 0 Å². The Morgan fingerprint density at radius 3 is 2.19 bits per heavy atom. The zero-order valence-corrected chi connectivity index (χ0v) is 19.7. The molecule has 3 rings (SSSR count). The van der Waals surface area contributed by atoms with E-state index in [2.05, 4.69) is 15.9 Å². The van der Waals surface area contributed by atoms with Crippen molar-refractivity contribution in [2.45, 2.75) is 27.3 Å². The van der Waals surface area contributed by atoms with E-state index in [1.54, 1.807) is 5.38 Å². The SMILES string of the molecule is CN(C1CC1)S(=O)(=O)c1scc(N)c1O.COc1c(Br)csc1S(=O)(=O)Cl. The minimum absolute atomic E-state index is 0.0264. The molecule has 0 aliphatic heterocycles. The van der Waals surface area contributed by atoms with Gasteiger partial charge in [-0.2, -0.15) is 4.31 Å². The number of rotatable bonds is 5. The highest BCUT2D eigenvalue weighted by Crippen LogP contribution is 2.40. The van der Waals surface area contributed by atoms with E-state index in [-0.39, 0.29) is 31.6 Å². The highest BCUT2D eigenvalue weighted by molar-refractivity contribution is 9.10. The molecule has 14 heteroatoms. The van der Waals surface area contributed by atoms with Crippen LogP contribution < -0.4 is 10.5 Å². The molecule has 1 aliphatic carbocycles. The molecule has 0 aromatic carbocycles. The molecule has 152 valence electrons. The summed E-state index contributed by atoms with van der Waals surface area (Å²) in [6.45, 7) is 0. The van der Waals surface area contributed by atoms with E-state index >= 15 is 0 Å². The zero-order chi connectivity index (χ0) is 20.6. The largest absolute Gasteiger partial charge is 0.504 e. The van der Waals surface area contributed by atoms with Crippen molar-refractivity contribution in [3.05, 3.63) is 15.2 Å². The van der Waals surface area contributed by atoms with Crippen molar-refractivity contribution in [2.24, 2.45) is 0 Å². The summed E-state index contributed by atoms with van der Waals surface area (Å²) < 4.78 is 52.4. The number of aromatic hydroxyl groups is 1. The molecular formula is C13H16BrClN2O6S4. The smallest absolute Gasteiger partial charge is 0.274 e. The minimum Gasteiger partial charge on any atom is -0.504 e. The van der Waals surface area contributed by atoms with Crippen LogP contribution >= 0.6 is 49.3 Å². The molecule has 1 saturated carbocycles. The first-order valence-corrected chi connectivity index (χ1v) is 13.5. The fourth-order valence-electron chi connectivity index (χ4n) is 1.95. The summed E-state index contributed by atoms with van der Waals surface area (Å²) in [5, 5.41) is 12.5. The molecule has 2 aromatic rings. The van der Waals surface area contributed by atoms with Gasteiger partial charge in [-0.3, -0.25) is 0 Å². The Balaban J connectivity index is 0.000000199. The zero-order valence-electron chi connectivity index (χ0n) is 14.0. The van der Waals surface area contributed by atoms with Crippen molar-refractivity contribution in [1.82, 2.24) is 4.31 Å². The van der Waals surface area contributed by atoms with Crippen molar-refractivity contribution < 1.29 is 26.7 Å². The third-order valence-electron chi connectivity index (χ3n) is 3.53. The number of hydrogen-bond acceptors (Lipinski definition) is 9. The monoisotopic (exact) mass is 538 g/mol. The molecular weight excluding hydrogens is 524 g/mol. The van der Waals surface area contributed by atoms with Crippen LogP contribution in [-0.2, 0) is 19.1 Å². The van der Waals surface area contributed by atoms with Gasteiger partial charge in [-0.05, 0) is 28.8 Å². The molecule has 0 spiro atoms. The molecule has 27 heavy (non-hydrogen) atoms. The molecule has 0 radical (unpaired) electrons. The lowest BCUT2D eigenvalue weighted by Crippen LogP contribution is -2.28. The second kappa shape index (κ2) is 8.43. The quantitative estimate of drug-likeness (QED) is 0.558. The first kappa shape index (κ1) is 22.7. The van der Waals surface area contributed by atoms with Crippen molar-refractivity contribution >= 4 is 74.0 Å². The number of thiophene rings is 2. The Labute approximate surface area is 178 Å². The number of methoxy groups -OCH3 is 1. The lowest BCUT2D eigenvalue weighted by molar-refractivity contribution is 0.404. The van der Waals surface area contributed by atoms with Crippen molar-refractivity contribution in [3.8, 4) is 11.5 Å². The third kappa shape index (κ3) is 5.08. The Kier molecular flexibility index (Phi) is 7.09. The minimum atomic E-state index is -3.69. The third-order valence-corrected chi connectivity index (χ3v) is 10.9. The summed E-state index contributed by atoms with van der Waals surface area (Å²) in [6, 6.07) is 0.0812. The maximum atomic E-state index is 12.0. The van der Waals surface area contributed by atoms with Gasteiger partial charge in [-0.25, -0.2) is 16.8 Å². The van der Waals surface area contributed by atoms with Crippen LogP contribution in [0.15, 0.2) is 23.7 Å².